The van der Waals surface area contributed by atoms with E-state index in [-0.39, 0.29) is 40.6 Å². The Hall–Kier alpha value is -1.55. The second-order valence-corrected chi connectivity index (χ2v) is 4.91. The number of pyridine rings is 1. The van der Waals surface area contributed by atoms with E-state index in [4.69, 9.17) is 9.47 Å². The van der Waals surface area contributed by atoms with Crippen LogP contribution in [-0.2, 0) is 6.42 Å². The topological polar surface area (TPSA) is 31.4 Å². The zero-order chi connectivity index (χ0) is 15.4. The van der Waals surface area contributed by atoms with Crippen molar-refractivity contribution in [2.24, 2.45) is 0 Å². The third kappa shape index (κ3) is 4.05. The third-order valence-corrected chi connectivity index (χ3v) is 3.42. The summed E-state index contributed by atoms with van der Waals surface area (Å²) in [5.41, 5.74) is 1.97. The Morgan fingerprint density at radius 1 is 1.09 bits per heavy atom. The molecule has 0 amide bonds. The maximum atomic E-state index is 6.03. The molecule has 2 aromatic carbocycles. The van der Waals surface area contributed by atoms with Crippen molar-refractivity contribution in [1.29, 1.82) is 0 Å². The number of allylic oxidation sites excluding steroid dienone is 1. The fourth-order valence-electron chi connectivity index (χ4n) is 2.37. The molecule has 0 aliphatic heterocycles. The monoisotopic (exact) mass is 333 g/mol. The first-order chi connectivity index (χ1) is 10.8. The van der Waals surface area contributed by atoms with Gasteiger partial charge >= 0.3 is 37.7 Å². The van der Waals surface area contributed by atoms with Crippen LogP contribution < -0.4 is 9.47 Å². The average molecular weight is 333 g/mol. The van der Waals surface area contributed by atoms with Gasteiger partial charge in [0.1, 0.15) is 5.52 Å². The Labute approximate surface area is 168 Å². The SMILES string of the molecule is C=CCc1ccc(Oc2cccc3cccnc23)c(OC)c1.[Ca+2].[H-].[H-]. The van der Waals surface area contributed by atoms with E-state index in [1.807, 2.05) is 54.6 Å². The van der Waals surface area contributed by atoms with Gasteiger partial charge in [0.05, 0.1) is 7.11 Å². The predicted molar refractivity (Wildman–Crippen MR) is 96.7 cm³/mol. The summed E-state index contributed by atoms with van der Waals surface area (Å²) in [6, 6.07) is 15.7. The molecule has 0 spiro atoms. The molecule has 3 rings (SSSR count). The molecule has 3 aromatic rings. The van der Waals surface area contributed by atoms with E-state index in [1.54, 1.807) is 13.3 Å². The molecule has 0 aliphatic carbocycles. The fourth-order valence-corrected chi connectivity index (χ4v) is 2.37. The molecule has 0 atom stereocenters. The van der Waals surface area contributed by atoms with Gasteiger partial charge in [-0.25, -0.2) is 0 Å². The van der Waals surface area contributed by atoms with Crippen LogP contribution in [0, 0.1) is 0 Å². The van der Waals surface area contributed by atoms with E-state index < -0.39 is 0 Å². The number of para-hydroxylation sites is 1. The van der Waals surface area contributed by atoms with Crippen LogP contribution in [0.3, 0.4) is 0 Å². The Morgan fingerprint density at radius 2 is 1.91 bits per heavy atom. The zero-order valence-corrected chi connectivity index (χ0v) is 15.4. The molecular formula is C19H19CaNO2. The van der Waals surface area contributed by atoms with Gasteiger partial charge in [-0.3, -0.25) is 4.98 Å². The van der Waals surface area contributed by atoms with Crippen molar-refractivity contribution in [3.63, 3.8) is 0 Å². The molecule has 114 valence electrons. The van der Waals surface area contributed by atoms with E-state index in [1.165, 1.54) is 0 Å². The van der Waals surface area contributed by atoms with Crippen molar-refractivity contribution in [2.45, 2.75) is 6.42 Å². The molecule has 23 heavy (non-hydrogen) atoms. The first kappa shape index (κ1) is 17.8. The van der Waals surface area contributed by atoms with Gasteiger partial charge < -0.3 is 12.3 Å². The van der Waals surface area contributed by atoms with E-state index >= 15 is 0 Å². The molecule has 0 saturated carbocycles. The molecular weight excluding hydrogens is 314 g/mol. The van der Waals surface area contributed by atoms with Crippen molar-refractivity contribution in [1.82, 2.24) is 4.98 Å². The van der Waals surface area contributed by atoms with Crippen molar-refractivity contribution in [3.05, 3.63) is 72.9 Å². The molecule has 3 nitrogen and oxygen atoms in total. The Balaban J connectivity index is 0.00000192. The van der Waals surface area contributed by atoms with Crippen LogP contribution in [0.2, 0.25) is 0 Å². The summed E-state index contributed by atoms with van der Waals surface area (Å²) < 4.78 is 11.5. The average Bonchev–Trinajstić information content (AvgIpc) is 2.57. The number of benzene rings is 2. The van der Waals surface area contributed by atoms with Crippen LogP contribution in [0.15, 0.2) is 67.4 Å². The van der Waals surface area contributed by atoms with Crippen molar-refractivity contribution >= 4 is 48.6 Å². The molecule has 0 fully saturated rings. The molecule has 1 heterocycles. The first-order valence-corrected chi connectivity index (χ1v) is 7.11. The maximum absolute atomic E-state index is 6.03. The van der Waals surface area contributed by atoms with Gasteiger partial charge in [-0.1, -0.05) is 30.3 Å². The number of methoxy groups -OCH3 is 1. The second kappa shape index (κ2) is 8.34. The standard InChI is InChI=1S/C19H17NO2.Ca.2H/c1-3-6-14-10-11-16(18(13-14)21-2)22-17-9-4-7-15-8-5-12-20-19(15)17;;;/h3-5,7-13H,1,6H2,2H3;;;/q;+2;2*-1. The quantitative estimate of drug-likeness (QED) is 0.505. The van der Waals surface area contributed by atoms with Crippen molar-refractivity contribution < 1.29 is 12.3 Å². The first-order valence-electron chi connectivity index (χ1n) is 7.11. The summed E-state index contributed by atoms with van der Waals surface area (Å²) in [7, 11) is 1.64. The van der Waals surface area contributed by atoms with Crippen LogP contribution in [0.1, 0.15) is 8.42 Å². The van der Waals surface area contributed by atoms with Crippen molar-refractivity contribution in [2.75, 3.05) is 7.11 Å². The molecule has 0 N–H and O–H groups in total. The largest absolute Gasteiger partial charge is 2.00 e. The van der Waals surface area contributed by atoms with E-state index in [0.29, 0.717) is 17.2 Å². The van der Waals surface area contributed by atoms with Crippen LogP contribution in [0.4, 0.5) is 0 Å². The number of hydrogen-bond acceptors (Lipinski definition) is 3. The van der Waals surface area contributed by atoms with Gasteiger partial charge in [-0.2, -0.15) is 0 Å². The van der Waals surface area contributed by atoms with E-state index in [9.17, 15) is 0 Å². The minimum Gasteiger partial charge on any atom is -1.00 e. The summed E-state index contributed by atoms with van der Waals surface area (Å²) in [5, 5.41) is 1.04. The Kier molecular flexibility index (Phi) is 6.46. The van der Waals surface area contributed by atoms with E-state index in [2.05, 4.69) is 11.6 Å². The molecule has 0 saturated heterocycles. The third-order valence-electron chi connectivity index (χ3n) is 3.42. The van der Waals surface area contributed by atoms with Gasteiger partial charge in [-0.05, 0) is 36.2 Å². The van der Waals surface area contributed by atoms with Crippen LogP contribution in [0.5, 0.6) is 17.2 Å². The van der Waals surface area contributed by atoms with Crippen LogP contribution in [0.25, 0.3) is 10.9 Å². The second-order valence-electron chi connectivity index (χ2n) is 4.91. The van der Waals surface area contributed by atoms with Crippen LogP contribution >= 0.6 is 0 Å². The number of rotatable bonds is 5. The molecule has 4 heteroatoms. The molecule has 0 radical (unpaired) electrons. The number of aromatic nitrogens is 1. The summed E-state index contributed by atoms with van der Waals surface area (Å²) in [5.74, 6) is 2.09. The van der Waals surface area contributed by atoms with Gasteiger partial charge in [0.15, 0.2) is 17.2 Å². The number of ether oxygens (including phenoxy) is 2. The molecule has 0 unspecified atom stereocenters. The van der Waals surface area contributed by atoms with Gasteiger partial charge in [-0.15, -0.1) is 6.58 Å². The summed E-state index contributed by atoms with van der Waals surface area (Å²) in [4.78, 5) is 4.40. The van der Waals surface area contributed by atoms with Gasteiger partial charge in [0.2, 0.25) is 0 Å². The van der Waals surface area contributed by atoms with Gasteiger partial charge in [0, 0.05) is 11.6 Å². The van der Waals surface area contributed by atoms with Gasteiger partial charge in [0.25, 0.3) is 0 Å². The Morgan fingerprint density at radius 3 is 2.70 bits per heavy atom. The Bertz CT molecular complexity index is 822. The summed E-state index contributed by atoms with van der Waals surface area (Å²) >= 11 is 0. The number of fused-ring (bicyclic) bond motifs is 1. The number of hydrogen-bond donors (Lipinski definition) is 0. The molecule has 1 aromatic heterocycles. The van der Waals surface area contributed by atoms with Crippen molar-refractivity contribution in [3.8, 4) is 17.2 Å². The zero-order valence-electron chi connectivity index (χ0n) is 15.2. The smallest absolute Gasteiger partial charge is 1.00 e. The molecule has 0 bridgehead atoms. The van der Waals surface area contributed by atoms with E-state index in [0.717, 1.165) is 22.9 Å². The van der Waals surface area contributed by atoms with Crippen LogP contribution in [-0.4, -0.2) is 49.8 Å². The summed E-state index contributed by atoms with van der Waals surface area (Å²) in [6.07, 6.45) is 4.43. The minimum atomic E-state index is 0. The fraction of sp³-hybridized carbons (Fsp3) is 0.105. The summed E-state index contributed by atoms with van der Waals surface area (Å²) in [6.45, 7) is 3.76. The normalized spacial score (nSPS) is 9.96. The number of nitrogens with zero attached hydrogens (tertiary/aromatic N) is 1. The predicted octanol–water partition coefficient (Wildman–Crippen LogP) is 4.61. The maximum Gasteiger partial charge on any atom is 2.00 e. The molecule has 0 aliphatic rings. The minimum absolute atomic E-state index is 0.